The number of anilines is 1. The third kappa shape index (κ3) is 3.71. The number of rotatable bonds is 5. The van der Waals surface area contributed by atoms with Crippen molar-refractivity contribution in [1.82, 2.24) is 14.9 Å². The quantitative estimate of drug-likeness (QED) is 0.852. The lowest BCUT2D eigenvalue weighted by Crippen LogP contribution is -2.32. The topological polar surface area (TPSA) is 58.1 Å². The number of amides is 1. The molecule has 0 atom stereocenters. The molecule has 0 spiro atoms. The van der Waals surface area contributed by atoms with Crippen molar-refractivity contribution < 1.29 is 4.79 Å². The van der Waals surface area contributed by atoms with Crippen molar-refractivity contribution in [3.05, 3.63) is 28.9 Å². The summed E-state index contributed by atoms with van der Waals surface area (Å²) >= 11 is 6.65. The molecule has 1 amide bonds. The highest BCUT2D eigenvalue weighted by atomic mass is 35.5. The van der Waals surface area contributed by atoms with Crippen molar-refractivity contribution >= 4 is 34.4 Å². The van der Waals surface area contributed by atoms with E-state index in [9.17, 15) is 4.79 Å². The van der Waals surface area contributed by atoms with E-state index in [-0.39, 0.29) is 5.91 Å². The van der Waals surface area contributed by atoms with Crippen LogP contribution in [0.2, 0.25) is 5.02 Å². The highest BCUT2D eigenvalue weighted by Gasteiger charge is 2.25. The summed E-state index contributed by atoms with van der Waals surface area (Å²) in [6.45, 7) is 5.22. The predicted octanol–water partition coefficient (Wildman–Crippen LogP) is 4.51. The van der Waals surface area contributed by atoms with Gasteiger partial charge in [-0.1, -0.05) is 30.9 Å². The molecule has 1 saturated carbocycles. The van der Waals surface area contributed by atoms with E-state index in [1.807, 2.05) is 26.0 Å². The SMILES string of the molecule is CCN(CC)C(=O)c1c(NC2CCCCC2)nc2ncccc2c1Cl. The minimum absolute atomic E-state index is 0.0773. The first-order valence-electron chi connectivity index (χ1n) is 9.15. The maximum absolute atomic E-state index is 13.1. The molecule has 0 aromatic carbocycles. The molecular weight excluding hydrogens is 336 g/mol. The fourth-order valence-electron chi connectivity index (χ4n) is 3.47. The molecule has 6 heteroatoms. The summed E-state index contributed by atoms with van der Waals surface area (Å²) in [4.78, 5) is 23.8. The summed E-state index contributed by atoms with van der Waals surface area (Å²) in [6.07, 6.45) is 7.57. The van der Waals surface area contributed by atoms with Crippen LogP contribution in [-0.2, 0) is 0 Å². The molecule has 0 saturated heterocycles. The highest BCUT2D eigenvalue weighted by Crippen LogP contribution is 2.32. The predicted molar refractivity (Wildman–Crippen MR) is 102 cm³/mol. The molecule has 2 aromatic heterocycles. The van der Waals surface area contributed by atoms with Crippen molar-refractivity contribution in [1.29, 1.82) is 0 Å². The van der Waals surface area contributed by atoms with Crippen LogP contribution in [0.15, 0.2) is 18.3 Å². The minimum Gasteiger partial charge on any atom is -0.367 e. The van der Waals surface area contributed by atoms with E-state index in [1.54, 1.807) is 11.1 Å². The van der Waals surface area contributed by atoms with E-state index in [0.717, 1.165) is 12.8 Å². The number of nitrogens with zero attached hydrogens (tertiary/aromatic N) is 3. The monoisotopic (exact) mass is 360 g/mol. The van der Waals surface area contributed by atoms with Crippen molar-refractivity contribution in [2.75, 3.05) is 18.4 Å². The molecule has 1 fully saturated rings. The standard InChI is InChI=1S/C19H25ClN4O/c1-3-24(4-2)19(25)15-16(20)14-11-8-12-21-17(14)23-18(15)22-13-9-6-5-7-10-13/h8,11-13H,3-7,9-10H2,1-2H3,(H,21,22,23). The molecule has 0 bridgehead atoms. The first kappa shape index (κ1) is 17.9. The maximum atomic E-state index is 13.1. The van der Waals surface area contributed by atoms with Crippen LogP contribution in [0.25, 0.3) is 11.0 Å². The molecule has 0 unspecified atom stereocenters. The molecule has 2 aromatic rings. The van der Waals surface area contributed by atoms with E-state index in [4.69, 9.17) is 11.6 Å². The van der Waals surface area contributed by atoms with Gasteiger partial charge >= 0.3 is 0 Å². The lowest BCUT2D eigenvalue weighted by molar-refractivity contribution is 0.0774. The summed E-state index contributed by atoms with van der Waals surface area (Å²) < 4.78 is 0. The van der Waals surface area contributed by atoms with Crippen LogP contribution in [0, 0.1) is 0 Å². The van der Waals surface area contributed by atoms with E-state index >= 15 is 0 Å². The van der Waals surface area contributed by atoms with Crippen LogP contribution in [-0.4, -0.2) is 39.9 Å². The summed E-state index contributed by atoms with van der Waals surface area (Å²) in [7, 11) is 0. The summed E-state index contributed by atoms with van der Waals surface area (Å²) in [5.41, 5.74) is 1.04. The van der Waals surface area contributed by atoms with Gasteiger partial charge in [-0.15, -0.1) is 0 Å². The Hall–Kier alpha value is -1.88. The van der Waals surface area contributed by atoms with Gasteiger partial charge in [-0.05, 0) is 38.8 Å². The number of carbonyl (C=O) groups excluding carboxylic acids is 1. The molecule has 25 heavy (non-hydrogen) atoms. The second kappa shape index (κ2) is 8.00. The first-order valence-corrected chi connectivity index (χ1v) is 9.53. The van der Waals surface area contributed by atoms with Crippen molar-refractivity contribution in [3.8, 4) is 0 Å². The third-order valence-corrected chi connectivity index (χ3v) is 5.30. The Kier molecular flexibility index (Phi) is 5.74. The zero-order valence-corrected chi connectivity index (χ0v) is 15.6. The average Bonchev–Trinajstić information content (AvgIpc) is 2.64. The molecule has 0 aliphatic heterocycles. The second-order valence-corrected chi connectivity index (χ2v) is 6.86. The maximum Gasteiger partial charge on any atom is 0.259 e. The molecule has 0 radical (unpaired) electrons. The van der Waals surface area contributed by atoms with Gasteiger partial charge in [0.15, 0.2) is 5.65 Å². The molecule has 5 nitrogen and oxygen atoms in total. The molecule has 134 valence electrons. The lowest BCUT2D eigenvalue weighted by Gasteiger charge is -2.26. The number of aromatic nitrogens is 2. The van der Waals surface area contributed by atoms with Gasteiger partial charge in [0, 0.05) is 30.7 Å². The first-order chi connectivity index (χ1) is 12.2. The van der Waals surface area contributed by atoms with Crippen LogP contribution >= 0.6 is 11.6 Å². The van der Waals surface area contributed by atoms with Gasteiger partial charge in [0.1, 0.15) is 11.4 Å². The van der Waals surface area contributed by atoms with Crippen LogP contribution in [0.4, 0.5) is 5.82 Å². The lowest BCUT2D eigenvalue weighted by atomic mass is 9.95. The van der Waals surface area contributed by atoms with Crippen LogP contribution in [0.1, 0.15) is 56.3 Å². The number of hydrogen-bond donors (Lipinski definition) is 1. The number of fused-ring (bicyclic) bond motifs is 1. The molecular formula is C19H25ClN4O. The van der Waals surface area contributed by atoms with Crippen molar-refractivity contribution in [3.63, 3.8) is 0 Å². The smallest absolute Gasteiger partial charge is 0.259 e. The van der Waals surface area contributed by atoms with Gasteiger partial charge in [-0.25, -0.2) is 9.97 Å². The van der Waals surface area contributed by atoms with Gasteiger partial charge in [-0.3, -0.25) is 4.79 Å². The number of nitrogens with one attached hydrogen (secondary N) is 1. The Morgan fingerprint density at radius 1 is 1.28 bits per heavy atom. The second-order valence-electron chi connectivity index (χ2n) is 6.48. The summed E-state index contributed by atoms with van der Waals surface area (Å²) in [5.74, 6) is 0.492. The third-order valence-electron chi connectivity index (χ3n) is 4.91. The van der Waals surface area contributed by atoms with Gasteiger partial charge in [-0.2, -0.15) is 0 Å². The molecule has 1 N–H and O–H groups in total. The van der Waals surface area contributed by atoms with E-state index < -0.39 is 0 Å². The molecule has 3 rings (SSSR count). The Morgan fingerprint density at radius 3 is 2.68 bits per heavy atom. The summed E-state index contributed by atoms with van der Waals surface area (Å²) in [6, 6.07) is 4.01. The number of pyridine rings is 2. The largest absolute Gasteiger partial charge is 0.367 e. The van der Waals surface area contributed by atoms with E-state index in [0.29, 0.717) is 46.6 Å². The van der Waals surface area contributed by atoms with E-state index in [2.05, 4.69) is 15.3 Å². The van der Waals surface area contributed by atoms with Gasteiger partial charge < -0.3 is 10.2 Å². The van der Waals surface area contributed by atoms with Crippen LogP contribution in [0.3, 0.4) is 0 Å². The van der Waals surface area contributed by atoms with Crippen molar-refractivity contribution in [2.45, 2.75) is 52.0 Å². The Morgan fingerprint density at radius 2 is 2.00 bits per heavy atom. The number of carbonyl (C=O) groups is 1. The van der Waals surface area contributed by atoms with Gasteiger partial charge in [0.25, 0.3) is 5.91 Å². The fraction of sp³-hybridized carbons (Fsp3) is 0.526. The highest BCUT2D eigenvalue weighted by molar-refractivity contribution is 6.39. The Bertz CT molecular complexity index is 754. The zero-order chi connectivity index (χ0) is 17.8. The van der Waals surface area contributed by atoms with Gasteiger partial charge in [0.2, 0.25) is 0 Å². The normalized spacial score (nSPS) is 15.3. The van der Waals surface area contributed by atoms with Gasteiger partial charge in [0.05, 0.1) is 5.02 Å². The molecule has 1 aliphatic carbocycles. The van der Waals surface area contributed by atoms with Crippen LogP contribution in [0.5, 0.6) is 0 Å². The Balaban J connectivity index is 2.08. The fourth-order valence-corrected chi connectivity index (χ4v) is 3.78. The summed E-state index contributed by atoms with van der Waals surface area (Å²) in [5, 5.41) is 4.64. The minimum atomic E-state index is -0.0773. The molecule has 1 aliphatic rings. The number of hydrogen-bond acceptors (Lipinski definition) is 4. The van der Waals surface area contributed by atoms with Crippen molar-refractivity contribution in [2.24, 2.45) is 0 Å². The Labute approximate surface area is 153 Å². The average molecular weight is 361 g/mol. The zero-order valence-electron chi connectivity index (χ0n) is 14.9. The van der Waals surface area contributed by atoms with E-state index in [1.165, 1.54) is 19.3 Å². The van der Waals surface area contributed by atoms with Crippen LogP contribution < -0.4 is 5.32 Å². The number of halogens is 1. The molecule has 2 heterocycles.